The van der Waals surface area contributed by atoms with Crippen molar-refractivity contribution in [3.05, 3.63) is 36.8 Å². The van der Waals surface area contributed by atoms with Gasteiger partial charge in [0.15, 0.2) is 6.26 Å². The van der Waals surface area contributed by atoms with Crippen molar-refractivity contribution < 1.29 is 4.42 Å². The average Bonchev–Trinajstić information content (AvgIpc) is 2.33. The molecular formula is C8H4O. The zero-order chi connectivity index (χ0) is 6.10. The van der Waals surface area contributed by atoms with E-state index in [1.807, 2.05) is 18.2 Å². The number of hydrogen-bond donors (Lipinski definition) is 0. The molecule has 1 aromatic heterocycles. The first-order valence-electron chi connectivity index (χ1n) is 2.72. The van der Waals surface area contributed by atoms with E-state index in [2.05, 4.69) is 12.3 Å². The van der Waals surface area contributed by atoms with E-state index >= 15 is 0 Å². The molecule has 2 radical (unpaired) electrons. The van der Waals surface area contributed by atoms with Crippen molar-refractivity contribution in [1.82, 2.24) is 0 Å². The van der Waals surface area contributed by atoms with E-state index in [4.69, 9.17) is 4.42 Å². The first kappa shape index (κ1) is 4.62. The number of rotatable bonds is 0. The standard InChI is InChI=1S/C8H4O/c1-2-4-8-6-9-5-7(8)3-1/h1,3-4,6H. The highest BCUT2D eigenvalue weighted by Crippen LogP contribution is 2.11. The molecule has 1 heteroatoms. The van der Waals surface area contributed by atoms with E-state index in [1.165, 1.54) is 0 Å². The van der Waals surface area contributed by atoms with Gasteiger partial charge in [-0.15, -0.1) is 0 Å². The second-order valence-electron chi connectivity index (χ2n) is 1.85. The van der Waals surface area contributed by atoms with Gasteiger partial charge in [-0.3, -0.25) is 0 Å². The van der Waals surface area contributed by atoms with Crippen molar-refractivity contribution >= 4 is 10.8 Å². The molecule has 42 valence electrons. The second-order valence-corrected chi connectivity index (χ2v) is 1.85. The summed E-state index contributed by atoms with van der Waals surface area (Å²) in [6.45, 7) is 0. The molecule has 0 unspecified atom stereocenters. The smallest absolute Gasteiger partial charge is 0.177 e. The lowest BCUT2D eigenvalue weighted by atomic mass is 10.2. The van der Waals surface area contributed by atoms with E-state index in [9.17, 15) is 0 Å². The van der Waals surface area contributed by atoms with Crippen LogP contribution >= 0.6 is 0 Å². The second kappa shape index (κ2) is 1.62. The Bertz CT molecular complexity index is 279. The van der Waals surface area contributed by atoms with Crippen molar-refractivity contribution in [2.24, 2.45) is 0 Å². The Kier molecular flexibility index (Phi) is 0.833. The summed E-state index contributed by atoms with van der Waals surface area (Å²) in [5, 5.41) is 2.06. The van der Waals surface area contributed by atoms with E-state index in [-0.39, 0.29) is 0 Å². The van der Waals surface area contributed by atoms with E-state index in [0.29, 0.717) is 0 Å². The summed E-state index contributed by atoms with van der Waals surface area (Å²) in [4.78, 5) is 0. The highest BCUT2D eigenvalue weighted by molar-refractivity contribution is 5.79. The molecule has 0 spiro atoms. The van der Waals surface area contributed by atoms with Gasteiger partial charge in [-0.2, -0.15) is 0 Å². The number of benzene rings is 1. The van der Waals surface area contributed by atoms with Crippen LogP contribution in [0.25, 0.3) is 10.8 Å². The molecule has 0 N–H and O–H groups in total. The summed E-state index contributed by atoms with van der Waals surface area (Å²) >= 11 is 0. The van der Waals surface area contributed by atoms with E-state index in [0.717, 1.165) is 10.8 Å². The molecule has 1 heterocycles. The molecule has 2 rings (SSSR count). The largest absolute Gasteiger partial charge is 0.460 e. The van der Waals surface area contributed by atoms with Crippen LogP contribution in [0.3, 0.4) is 0 Å². The molecule has 1 nitrogen and oxygen atoms in total. The summed E-state index contributed by atoms with van der Waals surface area (Å²) in [6.07, 6.45) is 4.38. The van der Waals surface area contributed by atoms with Gasteiger partial charge in [0.05, 0.1) is 6.26 Å². The van der Waals surface area contributed by atoms with Crippen molar-refractivity contribution in [3.63, 3.8) is 0 Å². The Labute approximate surface area is 52.9 Å². The Morgan fingerprint density at radius 3 is 3.33 bits per heavy atom. The molecule has 0 saturated heterocycles. The molecule has 0 aliphatic heterocycles. The third kappa shape index (κ3) is 0.617. The van der Waals surface area contributed by atoms with Gasteiger partial charge in [0.1, 0.15) is 0 Å². The van der Waals surface area contributed by atoms with Gasteiger partial charge in [-0.25, -0.2) is 0 Å². The van der Waals surface area contributed by atoms with Crippen molar-refractivity contribution in [2.75, 3.05) is 0 Å². The summed E-state index contributed by atoms with van der Waals surface area (Å²) in [7, 11) is 0. The predicted octanol–water partition coefficient (Wildman–Crippen LogP) is 2.03. The normalized spacial score (nSPS) is 10.2. The summed E-state index contributed by atoms with van der Waals surface area (Å²) in [6, 6.07) is 8.57. The van der Waals surface area contributed by atoms with Gasteiger partial charge in [0.2, 0.25) is 0 Å². The fourth-order valence-corrected chi connectivity index (χ4v) is 0.790. The third-order valence-electron chi connectivity index (χ3n) is 1.25. The molecular weight excluding hydrogens is 112 g/mol. The van der Waals surface area contributed by atoms with Crippen LogP contribution in [-0.4, -0.2) is 0 Å². The molecule has 1 aromatic carbocycles. The van der Waals surface area contributed by atoms with Gasteiger partial charge in [-0.05, 0) is 18.2 Å². The van der Waals surface area contributed by atoms with Gasteiger partial charge in [-0.1, -0.05) is 6.07 Å². The maximum absolute atomic E-state index is 4.82. The quantitative estimate of drug-likeness (QED) is 0.513. The van der Waals surface area contributed by atoms with Crippen LogP contribution in [0.5, 0.6) is 0 Å². The maximum atomic E-state index is 4.82. The molecule has 0 aliphatic carbocycles. The summed E-state index contributed by atoms with van der Waals surface area (Å²) in [5.74, 6) is 0. The molecule has 0 amide bonds. The fourth-order valence-electron chi connectivity index (χ4n) is 0.790. The van der Waals surface area contributed by atoms with Gasteiger partial charge in [0.25, 0.3) is 0 Å². The average molecular weight is 116 g/mol. The number of hydrogen-bond acceptors (Lipinski definition) is 1. The monoisotopic (exact) mass is 116 g/mol. The van der Waals surface area contributed by atoms with Crippen LogP contribution in [0, 0.1) is 12.3 Å². The minimum absolute atomic E-state index is 1.01. The maximum Gasteiger partial charge on any atom is 0.177 e. The van der Waals surface area contributed by atoms with Crippen molar-refractivity contribution in [3.8, 4) is 0 Å². The van der Waals surface area contributed by atoms with Crippen molar-refractivity contribution in [2.45, 2.75) is 0 Å². The van der Waals surface area contributed by atoms with Gasteiger partial charge in [0, 0.05) is 10.8 Å². The van der Waals surface area contributed by atoms with E-state index < -0.39 is 0 Å². The molecule has 9 heavy (non-hydrogen) atoms. The van der Waals surface area contributed by atoms with Crippen LogP contribution in [0.1, 0.15) is 0 Å². The van der Waals surface area contributed by atoms with Gasteiger partial charge < -0.3 is 4.42 Å². The Morgan fingerprint density at radius 2 is 2.44 bits per heavy atom. The predicted molar refractivity (Wildman–Crippen MR) is 33.9 cm³/mol. The van der Waals surface area contributed by atoms with Crippen LogP contribution in [-0.2, 0) is 0 Å². The highest BCUT2D eigenvalue weighted by Gasteiger charge is 1.90. The lowest BCUT2D eigenvalue weighted by molar-refractivity contribution is 0.563. The molecule has 0 atom stereocenters. The molecule has 0 aliphatic rings. The lowest BCUT2D eigenvalue weighted by Crippen LogP contribution is -1.58. The Morgan fingerprint density at radius 1 is 1.44 bits per heavy atom. The molecule has 0 fully saturated rings. The third-order valence-corrected chi connectivity index (χ3v) is 1.25. The number of furan rings is 1. The zero-order valence-corrected chi connectivity index (χ0v) is 4.72. The zero-order valence-electron chi connectivity index (χ0n) is 4.72. The molecule has 2 aromatic rings. The SMILES string of the molecule is [c]1ccc2[c]occ2c1. The fraction of sp³-hybridized carbons (Fsp3) is 0. The highest BCUT2D eigenvalue weighted by atomic mass is 16.3. The minimum Gasteiger partial charge on any atom is -0.460 e. The first-order valence-corrected chi connectivity index (χ1v) is 2.72. The van der Waals surface area contributed by atoms with Gasteiger partial charge >= 0.3 is 0 Å². The van der Waals surface area contributed by atoms with Crippen LogP contribution in [0.2, 0.25) is 0 Å². The molecule has 0 bridgehead atoms. The van der Waals surface area contributed by atoms with Crippen LogP contribution in [0.15, 0.2) is 28.9 Å². The minimum atomic E-state index is 1.01. The lowest BCUT2D eigenvalue weighted by Gasteiger charge is -1.79. The summed E-state index contributed by atoms with van der Waals surface area (Å²) < 4.78 is 4.82. The number of fused-ring (bicyclic) bond motifs is 1. The Balaban J connectivity index is 2.95. The molecule has 0 saturated carbocycles. The first-order chi connectivity index (χ1) is 4.47. The summed E-state index contributed by atoms with van der Waals surface area (Å²) in [5.41, 5.74) is 0. The Hall–Kier alpha value is -1.24. The van der Waals surface area contributed by atoms with Crippen LogP contribution in [0.4, 0.5) is 0 Å². The van der Waals surface area contributed by atoms with Crippen molar-refractivity contribution in [1.29, 1.82) is 0 Å². The van der Waals surface area contributed by atoms with Crippen LogP contribution < -0.4 is 0 Å². The van der Waals surface area contributed by atoms with E-state index in [1.54, 1.807) is 6.26 Å². The topological polar surface area (TPSA) is 13.1 Å².